The fourth-order valence-electron chi connectivity index (χ4n) is 4.21. The van der Waals surface area contributed by atoms with Crippen LogP contribution in [0.25, 0.3) is 6.08 Å². The molecule has 2 atom stereocenters. The number of hydrogen-bond donors (Lipinski definition) is 1. The van der Waals surface area contributed by atoms with E-state index in [0.717, 1.165) is 18.4 Å². The minimum absolute atomic E-state index is 0.0425. The molecule has 3 rings (SSSR count). The Hall–Kier alpha value is -1.61. The third-order valence-electron chi connectivity index (χ3n) is 5.18. The second kappa shape index (κ2) is 7.78. The van der Waals surface area contributed by atoms with Gasteiger partial charge >= 0.3 is 0 Å². The molecule has 1 aromatic rings. The lowest BCUT2D eigenvalue weighted by molar-refractivity contribution is -0.118. The molecule has 1 amide bonds. The molecule has 3 heteroatoms. The molecule has 0 spiro atoms. The summed E-state index contributed by atoms with van der Waals surface area (Å²) in [5.41, 5.74) is 1.07. The molecule has 2 unspecified atom stereocenters. The number of carbonyl (C=O) groups excluding carboxylic acids is 1. The summed E-state index contributed by atoms with van der Waals surface area (Å²) in [5.74, 6) is 0.0425. The molecule has 3 nitrogen and oxygen atoms in total. The van der Waals surface area contributed by atoms with E-state index in [-0.39, 0.29) is 5.91 Å². The highest BCUT2D eigenvalue weighted by molar-refractivity contribution is 5.91. The van der Waals surface area contributed by atoms with Gasteiger partial charge in [-0.2, -0.15) is 0 Å². The van der Waals surface area contributed by atoms with Crippen LogP contribution >= 0.6 is 0 Å². The quantitative estimate of drug-likeness (QED) is 0.842. The summed E-state index contributed by atoms with van der Waals surface area (Å²) in [7, 11) is 0. The number of nitrogens with one attached hydrogen (secondary N) is 1. The van der Waals surface area contributed by atoms with Gasteiger partial charge in [-0.05, 0) is 50.3 Å². The maximum absolute atomic E-state index is 12.2. The molecule has 2 fully saturated rings. The summed E-state index contributed by atoms with van der Waals surface area (Å²) in [6.07, 6.45) is 11.0. The van der Waals surface area contributed by atoms with Crippen LogP contribution in [0.15, 0.2) is 36.4 Å². The van der Waals surface area contributed by atoms with Gasteiger partial charge in [-0.1, -0.05) is 43.7 Å². The van der Waals surface area contributed by atoms with E-state index in [1.54, 1.807) is 6.08 Å². The first kappa shape index (κ1) is 16.3. The zero-order valence-corrected chi connectivity index (χ0v) is 14.1. The smallest absolute Gasteiger partial charge is 0.244 e. The van der Waals surface area contributed by atoms with Crippen molar-refractivity contribution in [1.82, 2.24) is 10.2 Å². The lowest BCUT2D eigenvalue weighted by Crippen LogP contribution is -2.56. The molecule has 0 aliphatic carbocycles. The van der Waals surface area contributed by atoms with Crippen molar-refractivity contribution < 1.29 is 4.79 Å². The van der Waals surface area contributed by atoms with Gasteiger partial charge in [0.05, 0.1) is 0 Å². The van der Waals surface area contributed by atoms with Crippen molar-refractivity contribution in [2.45, 2.75) is 63.6 Å². The topological polar surface area (TPSA) is 32.3 Å². The van der Waals surface area contributed by atoms with E-state index in [2.05, 4.69) is 17.1 Å². The molecule has 2 aliphatic heterocycles. The Balaban J connectivity index is 1.55. The van der Waals surface area contributed by atoms with Gasteiger partial charge in [0.15, 0.2) is 0 Å². The van der Waals surface area contributed by atoms with Gasteiger partial charge in [0.25, 0.3) is 0 Å². The van der Waals surface area contributed by atoms with Crippen LogP contribution in [0.1, 0.15) is 51.0 Å². The highest BCUT2D eigenvalue weighted by Crippen LogP contribution is 2.34. The fraction of sp³-hybridized carbons (Fsp3) is 0.550. The standard InChI is InChI=1S/C20H28N2O/c1-2-13-22-18-9-6-10-19(22)15-17(14-18)21-20(23)12-11-16-7-4-3-5-8-16/h3-5,7-8,11-12,17-19H,2,6,9-10,13-15H2,1H3,(H,21,23)/b12-11+. The Kier molecular flexibility index (Phi) is 5.50. The normalized spacial score (nSPS) is 28.0. The number of piperidine rings is 2. The predicted molar refractivity (Wildman–Crippen MR) is 95.1 cm³/mol. The van der Waals surface area contributed by atoms with E-state index >= 15 is 0 Å². The molecule has 2 heterocycles. The molecule has 0 radical (unpaired) electrons. The van der Waals surface area contributed by atoms with Gasteiger partial charge in [-0.25, -0.2) is 0 Å². The third kappa shape index (κ3) is 4.23. The van der Waals surface area contributed by atoms with Gasteiger partial charge in [0.2, 0.25) is 5.91 Å². The molecule has 1 N–H and O–H groups in total. The highest BCUT2D eigenvalue weighted by atomic mass is 16.1. The summed E-state index contributed by atoms with van der Waals surface area (Å²) < 4.78 is 0. The third-order valence-corrected chi connectivity index (χ3v) is 5.18. The zero-order valence-electron chi connectivity index (χ0n) is 14.1. The van der Waals surface area contributed by atoms with Gasteiger partial charge in [0, 0.05) is 24.2 Å². The molecule has 0 aromatic heterocycles. The van der Waals surface area contributed by atoms with Crippen molar-refractivity contribution >= 4 is 12.0 Å². The molecular weight excluding hydrogens is 284 g/mol. The predicted octanol–water partition coefficient (Wildman–Crippen LogP) is 3.61. The lowest BCUT2D eigenvalue weighted by atomic mass is 9.81. The lowest BCUT2D eigenvalue weighted by Gasteiger charge is -2.49. The van der Waals surface area contributed by atoms with Crippen LogP contribution in [0.2, 0.25) is 0 Å². The molecule has 1 aromatic carbocycles. The molecule has 0 saturated carbocycles. The van der Waals surface area contributed by atoms with E-state index in [4.69, 9.17) is 0 Å². The average molecular weight is 312 g/mol. The van der Waals surface area contributed by atoms with Crippen LogP contribution in [0.5, 0.6) is 0 Å². The van der Waals surface area contributed by atoms with Crippen molar-refractivity contribution in [2.24, 2.45) is 0 Å². The van der Waals surface area contributed by atoms with Crippen molar-refractivity contribution in [1.29, 1.82) is 0 Å². The number of benzene rings is 1. The largest absolute Gasteiger partial charge is 0.350 e. The van der Waals surface area contributed by atoms with Gasteiger partial charge in [-0.3, -0.25) is 9.69 Å². The van der Waals surface area contributed by atoms with E-state index in [1.165, 1.54) is 32.2 Å². The van der Waals surface area contributed by atoms with Crippen molar-refractivity contribution in [3.63, 3.8) is 0 Å². The van der Waals surface area contributed by atoms with E-state index < -0.39 is 0 Å². The minimum atomic E-state index is 0.0425. The number of rotatable bonds is 5. The first-order valence-corrected chi connectivity index (χ1v) is 9.05. The fourth-order valence-corrected chi connectivity index (χ4v) is 4.21. The molecule has 2 saturated heterocycles. The average Bonchev–Trinajstić information content (AvgIpc) is 2.55. The summed E-state index contributed by atoms with van der Waals surface area (Å²) in [6, 6.07) is 11.7. The molecule has 23 heavy (non-hydrogen) atoms. The highest BCUT2D eigenvalue weighted by Gasteiger charge is 2.37. The van der Waals surface area contributed by atoms with Crippen molar-refractivity contribution in [3.05, 3.63) is 42.0 Å². The van der Waals surface area contributed by atoms with Gasteiger partial charge in [-0.15, -0.1) is 0 Å². The van der Waals surface area contributed by atoms with Crippen LogP contribution in [0, 0.1) is 0 Å². The SMILES string of the molecule is CCCN1C2CCCC1CC(NC(=O)/C=C/c1ccccc1)C2. The Bertz CT molecular complexity index is 526. The summed E-state index contributed by atoms with van der Waals surface area (Å²) in [6.45, 7) is 3.47. The monoisotopic (exact) mass is 312 g/mol. The number of nitrogens with zero attached hydrogens (tertiary/aromatic N) is 1. The summed E-state index contributed by atoms with van der Waals surface area (Å²) in [5, 5.41) is 3.23. The van der Waals surface area contributed by atoms with Crippen LogP contribution in [0.3, 0.4) is 0 Å². The van der Waals surface area contributed by atoms with Crippen molar-refractivity contribution in [2.75, 3.05) is 6.54 Å². The van der Waals surface area contributed by atoms with E-state index in [9.17, 15) is 4.79 Å². The number of carbonyl (C=O) groups is 1. The zero-order chi connectivity index (χ0) is 16.1. The first-order chi connectivity index (χ1) is 11.3. The van der Waals surface area contributed by atoms with Crippen LogP contribution in [-0.2, 0) is 4.79 Å². The number of hydrogen-bond acceptors (Lipinski definition) is 2. The summed E-state index contributed by atoms with van der Waals surface area (Å²) in [4.78, 5) is 14.9. The maximum atomic E-state index is 12.2. The Labute approximate surface area is 139 Å². The van der Waals surface area contributed by atoms with E-state index in [1.807, 2.05) is 36.4 Å². The Morgan fingerprint density at radius 3 is 2.57 bits per heavy atom. The van der Waals surface area contributed by atoms with Gasteiger partial charge in [0.1, 0.15) is 0 Å². The van der Waals surface area contributed by atoms with Crippen LogP contribution in [-0.4, -0.2) is 35.5 Å². The number of amides is 1. The Morgan fingerprint density at radius 1 is 1.22 bits per heavy atom. The van der Waals surface area contributed by atoms with Crippen LogP contribution < -0.4 is 5.32 Å². The second-order valence-electron chi connectivity index (χ2n) is 6.90. The van der Waals surface area contributed by atoms with Gasteiger partial charge < -0.3 is 5.32 Å². The molecule has 124 valence electrons. The second-order valence-corrected chi connectivity index (χ2v) is 6.90. The summed E-state index contributed by atoms with van der Waals surface area (Å²) >= 11 is 0. The first-order valence-electron chi connectivity index (χ1n) is 9.05. The maximum Gasteiger partial charge on any atom is 0.244 e. The van der Waals surface area contributed by atoms with Crippen LogP contribution in [0.4, 0.5) is 0 Å². The van der Waals surface area contributed by atoms with Crippen molar-refractivity contribution in [3.8, 4) is 0 Å². The number of fused-ring (bicyclic) bond motifs is 2. The minimum Gasteiger partial charge on any atom is -0.350 e. The van der Waals surface area contributed by atoms with E-state index in [0.29, 0.717) is 18.1 Å². The Morgan fingerprint density at radius 2 is 1.91 bits per heavy atom. The molecular formula is C20H28N2O. The molecule has 2 bridgehead atoms. The molecule has 2 aliphatic rings.